The SMILES string of the molecule is Cc1cc(CN[C@H](CO)C(=O)O)c(OCc2ccccc2)c(C)c1NCc1cccc(-c2ccccc2)c1C. The standard InChI is InChI=1S/C33H36N2O4/c1-22-17-28(19-34-30(20-36)33(37)38)32(39-21-25-11-6-4-7-12-25)24(3)31(22)35-18-27-15-10-16-29(23(27)2)26-13-8-5-9-14-26/h4-17,30,34-36H,18-21H2,1-3H3,(H,37,38)/t30-/m1/s1. The van der Waals surface area contributed by atoms with Crippen molar-refractivity contribution in [3.05, 3.63) is 118 Å². The van der Waals surface area contributed by atoms with Gasteiger partial charge in [0, 0.05) is 29.9 Å². The van der Waals surface area contributed by atoms with E-state index < -0.39 is 18.6 Å². The van der Waals surface area contributed by atoms with Crippen molar-refractivity contribution >= 4 is 11.7 Å². The Balaban J connectivity index is 1.61. The number of anilines is 1. The van der Waals surface area contributed by atoms with E-state index in [1.54, 1.807) is 0 Å². The van der Waals surface area contributed by atoms with Gasteiger partial charge in [-0.1, -0.05) is 78.9 Å². The van der Waals surface area contributed by atoms with E-state index in [0.717, 1.165) is 27.9 Å². The van der Waals surface area contributed by atoms with Crippen LogP contribution in [0.3, 0.4) is 0 Å². The second-order valence-electron chi connectivity index (χ2n) is 9.72. The van der Waals surface area contributed by atoms with Crippen LogP contribution >= 0.6 is 0 Å². The maximum Gasteiger partial charge on any atom is 0.323 e. The van der Waals surface area contributed by atoms with Crippen LogP contribution in [0.25, 0.3) is 11.1 Å². The minimum absolute atomic E-state index is 0.252. The molecule has 4 N–H and O–H groups in total. The molecule has 0 saturated heterocycles. The number of rotatable bonds is 12. The van der Waals surface area contributed by atoms with Crippen molar-refractivity contribution in [2.24, 2.45) is 0 Å². The Labute approximate surface area is 230 Å². The number of hydrogen-bond donors (Lipinski definition) is 4. The zero-order valence-corrected chi connectivity index (χ0v) is 22.7. The van der Waals surface area contributed by atoms with Gasteiger partial charge < -0.3 is 20.3 Å². The minimum atomic E-state index is -1.09. The van der Waals surface area contributed by atoms with E-state index in [1.165, 1.54) is 22.3 Å². The molecule has 6 nitrogen and oxygen atoms in total. The molecule has 0 spiro atoms. The highest BCUT2D eigenvalue weighted by molar-refractivity contribution is 5.73. The number of aliphatic hydroxyl groups is 1. The molecule has 0 saturated carbocycles. The largest absolute Gasteiger partial charge is 0.488 e. The third-order valence-corrected chi connectivity index (χ3v) is 7.02. The molecule has 39 heavy (non-hydrogen) atoms. The maximum atomic E-state index is 11.4. The van der Waals surface area contributed by atoms with E-state index in [1.807, 2.05) is 56.3 Å². The average Bonchev–Trinajstić information content (AvgIpc) is 2.94. The molecule has 0 radical (unpaired) electrons. The van der Waals surface area contributed by atoms with Gasteiger partial charge in [0.1, 0.15) is 18.4 Å². The highest BCUT2D eigenvalue weighted by Crippen LogP contribution is 2.35. The molecule has 0 fully saturated rings. The molecule has 202 valence electrons. The molecule has 0 amide bonds. The number of aryl methyl sites for hydroxylation is 1. The molecular weight excluding hydrogens is 488 g/mol. The van der Waals surface area contributed by atoms with Crippen molar-refractivity contribution in [3.8, 4) is 16.9 Å². The second kappa shape index (κ2) is 13.1. The van der Waals surface area contributed by atoms with Gasteiger partial charge in [0.25, 0.3) is 0 Å². The lowest BCUT2D eigenvalue weighted by molar-refractivity contribution is -0.140. The first kappa shape index (κ1) is 27.9. The highest BCUT2D eigenvalue weighted by atomic mass is 16.5. The van der Waals surface area contributed by atoms with Gasteiger partial charge in [-0.15, -0.1) is 0 Å². The van der Waals surface area contributed by atoms with Crippen LogP contribution < -0.4 is 15.4 Å². The smallest absolute Gasteiger partial charge is 0.323 e. The van der Waals surface area contributed by atoms with Gasteiger partial charge in [-0.3, -0.25) is 10.1 Å². The molecule has 0 aliphatic carbocycles. The average molecular weight is 525 g/mol. The molecule has 0 aliphatic rings. The van der Waals surface area contributed by atoms with Crippen LogP contribution in [-0.2, 0) is 24.5 Å². The third-order valence-electron chi connectivity index (χ3n) is 7.02. The summed E-state index contributed by atoms with van der Waals surface area (Å²) >= 11 is 0. The number of benzene rings is 4. The number of carboxylic acid groups (broad SMARTS) is 1. The highest BCUT2D eigenvalue weighted by Gasteiger charge is 2.19. The normalized spacial score (nSPS) is 11.7. The van der Waals surface area contributed by atoms with Gasteiger partial charge in [0.2, 0.25) is 0 Å². The lowest BCUT2D eigenvalue weighted by atomic mass is 9.96. The van der Waals surface area contributed by atoms with Crippen LogP contribution in [0.1, 0.15) is 33.4 Å². The van der Waals surface area contributed by atoms with E-state index >= 15 is 0 Å². The number of aliphatic hydroxyl groups excluding tert-OH is 1. The third kappa shape index (κ3) is 6.85. The van der Waals surface area contributed by atoms with E-state index in [4.69, 9.17) is 4.74 Å². The molecule has 4 aromatic rings. The molecule has 6 heteroatoms. The predicted molar refractivity (Wildman–Crippen MR) is 156 cm³/mol. The van der Waals surface area contributed by atoms with Crippen LogP contribution in [0.5, 0.6) is 5.75 Å². The van der Waals surface area contributed by atoms with Crippen LogP contribution in [0.2, 0.25) is 0 Å². The van der Waals surface area contributed by atoms with Crippen LogP contribution in [0.4, 0.5) is 5.69 Å². The summed E-state index contributed by atoms with van der Waals surface area (Å²) in [6.45, 7) is 7.01. The van der Waals surface area contributed by atoms with Crippen molar-refractivity contribution in [1.29, 1.82) is 0 Å². The fourth-order valence-corrected chi connectivity index (χ4v) is 4.84. The lowest BCUT2D eigenvalue weighted by Crippen LogP contribution is -2.39. The van der Waals surface area contributed by atoms with E-state index in [2.05, 4.69) is 60.0 Å². The van der Waals surface area contributed by atoms with E-state index in [9.17, 15) is 15.0 Å². The van der Waals surface area contributed by atoms with Crippen LogP contribution in [0, 0.1) is 20.8 Å². The van der Waals surface area contributed by atoms with Crippen molar-refractivity contribution in [3.63, 3.8) is 0 Å². The summed E-state index contributed by atoms with van der Waals surface area (Å²) in [4.78, 5) is 11.4. The molecule has 0 heterocycles. The van der Waals surface area contributed by atoms with Gasteiger partial charge in [-0.25, -0.2) is 0 Å². The molecule has 0 bridgehead atoms. The number of nitrogens with one attached hydrogen (secondary N) is 2. The Kier molecular flexibility index (Phi) is 9.36. The summed E-state index contributed by atoms with van der Waals surface area (Å²) in [7, 11) is 0. The van der Waals surface area contributed by atoms with Gasteiger partial charge in [0.05, 0.1) is 6.61 Å². The van der Waals surface area contributed by atoms with Gasteiger partial charge in [0.15, 0.2) is 0 Å². The quantitative estimate of drug-likeness (QED) is 0.182. The topological polar surface area (TPSA) is 90.8 Å². The van der Waals surface area contributed by atoms with Crippen molar-refractivity contribution in [1.82, 2.24) is 5.32 Å². The zero-order chi connectivity index (χ0) is 27.8. The second-order valence-corrected chi connectivity index (χ2v) is 9.72. The molecule has 1 atom stereocenters. The van der Waals surface area contributed by atoms with E-state index in [0.29, 0.717) is 18.9 Å². The summed E-state index contributed by atoms with van der Waals surface area (Å²) in [5.41, 5.74) is 9.71. The molecule has 0 aliphatic heterocycles. The summed E-state index contributed by atoms with van der Waals surface area (Å²) in [5, 5.41) is 25.4. The monoisotopic (exact) mass is 524 g/mol. The number of hydrogen-bond acceptors (Lipinski definition) is 5. The molecule has 0 aromatic heterocycles. The Bertz CT molecular complexity index is 1400. The number of carbonyl (C=O) groups is 1. The summed E-state index contributed by atoms with van der Waals surface area (Å²) < 4.78 is 6.34. The summed E-state index contributed by atoms with van der Waals surface area (Å²) in [6.07, 6.45) is 0. The Morgan fingerprint density at radius 2 is 1.54 bits per heavy atom. The summed E-state index contributed by atoms with van der Waals surface area (Å²) in [5.74, 6) is -0.389. The van der Waals surface area contributed by atoms with E-state index in [-0.39, 0.29) is 6.54 Å². The van der Waals surface area contributed by atoms with Crippen molar-refractivity contribution in [2.45, 2.75) is 46.5 Å². The molecular formula is C33H36N2O4. The fraction of sp³-hybridized carbons (Fsp3) is 0.242. The lowest BCUT2D eigenvalue weighted by Gasteiger charge is -2.22. The summed E-state index contributed by atoms with van der Waals surface area (Å²) in [6, 6.07) is 27.7. The first-order valence-electron chi connectivity index (χ1n) is 13.1. The maximum absolute atomic E-state index is 11.4. The van der Waals surface area contributed by atoms with Gasteiger partial charge >= 0.3 is 5.97 Å². The van der Waals surface area contributed by atoms with Crippen molar-refractivity contribution in [2.75, 3.05) is 11.9 Å². The number of ether oxygens (including phenoxy) is 1. The number of aliphatic carboxylic acids is 1. The molecule has 0 unspecified atom stereocenters. The number of carboxylic acids is 1. The minimum Gasteiger partial charge on any atom is -0.488 e. The Morgan fingerprint density at radius 1 is 0.846 bits per heavy atom. The predicted octanol–water partition coefficient (Wildman–Crippen LogP) is 6.01. The Morgan fingerprint density at radius 3 is 2.21 bits per heavy atom. The fourth-order valence-electron chi connectivity index (χ4n) is 4.84. The first-order chi connectivity index (χ1) is 18.9. The van der Waals surface area contributed by atoms with Crippen LogP contribution in [-0.4, -0.2) is 28.8 Å². The van der Waals surface area contributed by atoms with Gasteiger partial charge in [-0.05, 0) is 60.2 Å². The molecule has 4 rings (SSSR count). The van der Waals surface area contributed by atoms with Crippen LogP contribution in [0.15, 0.2) is 84.9 Å². The van der Waals surface area contributed by atoms with Gasteiger partial charge in [-0.2, -0.15) is 0 Å². The zero-order valence-electron chi connectivity index (χ0n) is 22.7. The first-order valence-corrected chi connectivity index (χ1v) is 13.1. The Hall–Kier alpha value is -4.13. The molecule has 4 aromatic carbocycles. The van der Waals surface area contributed by atoms with Crippen molar-refractivity contribution < 1.29 is 19.7 Å².